The van der Waals surface area contributed by atoms with E-state index in [1.165, 1.54) is 16.8 Å². The van der Waals surface area contributed by atoms with Crippen LogP contribution >= 0.6 is 11.6 Å². The summed E-state index contributed by atoms with van der Waals surface area (Å²) in [5.41, 5.74) is -0.404. The Kier molecular flexibility index (Phi) is 2.48. The second-order valence-electron chi connectivity index (χ2n) is 3.20. The third kappa shape index (κ3) is 1.51. The summed E-state index contributed by atoms with van der Waals surface area (Å²) < 4.78 is 6.75. The summed E-state index contributed by atoms with van der Waals surface area (Å²) in [7, 11) is 0. The van der Waals surface area contributed by atoms with E-state index < -0.39 is 5.56 Å². The summed E-state index contributed by atoms with van der Waals surface area (Å²) in [6.07, 6.45) is 3.01. The van der Waals surface area contributed by atoms with Crippen LogP contribution in [0.5, 0.6) is 5.75 Å². The minimum absolute atomic E-state index is 0.150. The Morgan fingerprint density at radius 1 is 1.64 bits per heavy atom. The van der Waals surface area contributed by atoms with E-state index in [-0.39, 0.29) is 17.0 Å². The van der Waals surface area contributed by atoms with E-state index in [1.54, 1.807) is 0 Å². The quantitative estimate of drug-likeness (QED) is 0.773. The van der Waals surface area contributed by atoms with Crippen molar-refractivity contribution in [3.63, 3.8) is 0 Å². The molecule has 0 bridgehead atoms. The van der Waals surface area contributed by atoms with Gasteiger partial charge in [-0.25, -0.2) is 0 Å². The molecule has 0 aromatic carbocycles. The molecular formula is C9H10ClNO3. The second-order valence-corrected chi connectivity index (χ2v) is 3.57. The molecule has 5 heteroatoms. The molecule has 1 aromatic rings. The molecule has 0 saturated carbocycles. The van der Waals surface area contributed by atoms with Crippen LogP contribution in [-0.4, -0.2) is 16.3 Å². The molecule has 76 valence electrons. The van der Waals surface area contributed by atoms with E-state index in [1.807, 2.05) is 0 Å². The molecule has 1 aromatic heterocycles. The lowest BCUT2D eigenvalue weighted by atomic mass is 10.3. The Labute approximate surface area is 85.7 Å². The second kappa shape index (κ2) is 3.63. The number of rotatable bonds is 1. The van der Waals surface area contributed by atoms with Gasteiger partial charge in [0.25, 0.3) is 5.56 Å². The molecular weight excluding hydrogens is 206 g/mol. The van der Waals surface area contributed by atoms with E-state index >= 15 is 0 Å². The Morgan fingerprint density at radius 2 is 2.43 bits per heavy atom. The zero-order valence-corrected chi connectivity index (χ0v) is 8.20. The fraction of sp³-hybridized carbons (Fsp3) is 0.444. The van der Waals surface area contributed by atoms with Crippen LogP contribution in [0, 0.1) is 0 Å². The van der Waals surface area contributed by atoms with Crippen LogP contribution in [0.1, 0.15) is 19.1 Å². The first-order valence-electron chi connectivity index (χ1n) is 4.41. The van der Waals surface area contributed by atoms with Crippen molar-refractivity contribution in [2.45, 2.75) is 19.1 Å². The number of hydrogen-bond acceptors (Lipinski definition) is 3. The predicted molar refractivity (Wildman–Crippen MR) is 51.6 cm³/mol. The van der Waals surface area contributed by atoms with Gasteiger partial charge in [0.1, 0.15) is 17.0 Å². The van der Waals surface area contributed by atoms with Gasteiger partial charge in [-0.1, -0.05) is 11.6 Å². The molecule has 0 aliphatic carbocycles. The van der Waals surface area contributed by atoms with Crippen LogP contribution in [0.2, 0.25) is 5.02 Å². The maximum atomic E-state index is 11.6. The smallest absolute Gasteiger partial charge is 0.275 e. The van der Waals surface area contributed by atoms with Crippen LogP contribution in [0.15, 0.2) is 17.1 Å². The first-order valence-corrected chi connectivity index (χ1v) is 4.79. The van der Waals surface area contributed by atoms with Crippen LogP contribution < -0.4 is 5.56 Å². The third-order valence-electron chi connectivity index (χ3n) is 2.26. The summed E-state index contributed by atoms with van der Waals surface area (Å²) in [5.74, 6) is -0.189. The number of hydrogen-bond donors (Lipinski definition) is 1. The van der Waals surface area contributed by atoms with Gasteiger partial charge in [0.15, 0.2) is 0 Å². The van der Waals surface area contributed by atoms with E-state index in [0.29, 0.717) is 6.61 Å². The van der Waals surface area contributed by atoms with Crippen molar-refractivity contribution in [3.8, 4) is 5.75 Å². The van der Waals surface area contributed by atoms with Crippen LogP contribution in [-0.2, 0) is 4.74 Å². The van der Waals surface area contributed by atoms with Crippen molar-refractivity contribution in [2.24, 2.45) is 0 Å². The fourth-order valence-electron chi connectivity index (χ4n) is 1.52. The Hall–Kier alpha value is -1.00. The van der Waals surface area contributed by atoms with Crippen LogP contribution in [0.3, 0.4) is 0 Å². The molecule has 1 N–H and O–H groups in total. The molecule has 2 heterocycles. The average Bonchev–Trinajstić information content (AvgIpc) is 2.67. The lowest BCUT2D eigenvalue weighted by molar-refractivity contribution is 0.0537. The highest BCUT2D eigenvalue weighted by molar-refractivity contribution is 6.31. The largest absolute Gasteiger partial charge is 0.506 e. The molecule has 0 radical (unpaired) electrons. The maximum absolute atomic E-state index is 11.6. The van der Waals surface area contributed by atoms with Gasteiger partial charge in [-0.2, -0.15) is 0 Å². The van der Waals surface area contributed by atoms with Crippen LogP contribution in [0.4, 0.5) is 0 Å². The van der Waals surface area contributed by atoms with Gasteiger partial charge in [-0.15, -0.1) is 0 Å². The maximum Gasteiger partial charge on any atom is 0.275 e. The molecule has 1 aliphatic heterocycles. The standard InChI is InChI=1S/C9H10ClNO3/c10-8-6(12)3-4-11(9(8)13)7-2-1-5-14-7/h3-4,7,12H,1-2,5H2. The minimum Gasteiger partial charge on any atom is -0.506 e. The first-order chi connectivity index (χ1) is 6.70. The lowest BCUT2D eigenvalue weighted by Crippen LogP contribution is -2.23. The zero-order valence-electron chi connectivity index (χ0n) is 7.44. The number of nitrogens with zero attached hydrogens (tertiary/aromatic N) is 1. The molecule has 1 aliphatic rings. The summed E-state index contributed by atoms with van der Waals surface area (Å²) in [5, 5.41) is 9.03. The Bertz CT molecular complexity index is 396. The molecule has 1 atom stereocenters. The number of aromatic nitrogens is 1. The van der Waals surface area contributed by atoms with Crippen LogP contribution in [0.25, 0.3) is 0 Å². The summed E-state index contributed by atoms with van der Waals surface area (Å²) in [4.78, 5) is 11.6. The molecule has 1 unspecified atom stereocenters. The molecule has 0 amide bonds. The molecule has 14 heavy (non-hydrogen) atoms. The molecule has 1 saturated heterocycles. The van der Waals surface area contributed by atoms with Gasteiger partial charge in [-0.3, -0.25) is 9.36 Å². The van der Waals surface area contributed by atoms with Gasteiger partial charge in [-0.05, 0) is 18.9 Å². The topological polar surface area (TPSA) is 51.5 Å². The Morgan fingerprint density at radius 3 is 3.07 bits per heavy atom. The number of ether oxygens (including phenoxy) is 1. The Balaban J connectivity index is 2.44. The summed E-state index contributed by atoms with van der Waals surface area (Å²) in [6.45, 7) is 0.662. The molecule has 1 fully saturated rings. The highest BCUT2D eigenvalue weighted by Gasteiger charge is 2.19. The van der Waals surface area contributed by atoms with Crippen molar-refractivity contribution < 1.29 is 9.84 Å². The van der Waals surface area contributed by atoms with Gasteiger partial charge >= 0.3 is 0 Å². The number of pyridine rings is 1. The van der Waals surface area contributed by atoms with Gasteiger partial charge in [0.05, 0.1) is 0 Å². The summed E-state index contributed by atoms with van der Waals surface area (Å²) >= 11 is 5.62. The number of aromatic hydroxyl groups is 1. The van der Waals surface area contributed by atoms with E-state index in [0.717, 1.165) is 12.8 Å². The van der Waals surface area contributed by atoms with Crippen molar-refractivity contribution in [1.29, 1.82) is 0 Å². The van der Waals surface area contributed by atoms with Crippen molar-refractivity contribution in [3.05, 3.63) is 27.6 Å². The normalized spacial score (nSPS) is 21.4. The van der Waals surface area contributed by atoms with Gasteiger partial charge in [0, 0.05) is 12.8 Å². The molecule has 4 nitrogen and oxygen atoms in total. The van der Waals surface area contributed by atoms with Gasteiger partial charge < -0.3 is 9.84 Å². The third-order valence-corrected chi connectivity index (χ3v) is 2.61. The lowest BCUT2D eigenvalue weighted by Gasteiger charge is -2.13. The van der Waals surface area contributed by atoms with Crippen molar-refractivity contribution in [1.82, 2.24) is 4.57 Å². The van der Waals surface area contributed by atoms with E-state index in [9.17, 15) is 9.90 Å². The molecule has 0 spiro atoms. The summed E-state index contributed by atoms with van der Waals surface area (Å²) in [6, 6.07) is 1.39. The fourth-order valence-corrected chi connectivity index (χ4v) is 1.68. The van der Waals surface area contributed by atoms with Gasteiger partial charge in [0.2, 0.25) is 0 Å². The molecule has 2 rings (SSSR count). The predicted octanol–water partition coefficient (Wildman–Crippen LogP) is 1.52. The van der Waals surface area contributed by atoms with E-state index in [4.69, 9.17) is 16.3 Å². The number of halogens is 1. The average molecular weight is 216 g/mol. The highest BCUT2D eigenvalue weighted by Crippen LogP contribution is 2.24. The first kappa shape index (κ1) is 9.55. The SMILES string of the molecule is O=c1c(Cl)c(O)ccn1C1CCCO1. The van der Waals surface area contributed by atoms with Crippen molar-refractivity contribution >= 4 is 11.6 Å². The highest BCUT2D eigenvalue weighted by atomic mass is 35.5. The zero-order chi connectivity index (χ0) is 10.1. The van der Waals surface area contributed by atoms with Crippen molar-refractivity contribution in [2.75, 3.05) is 6.61 Å². The monoisotopic (exact) mass is 215 g/mol. The minimum atomic E-state index is -0.404. The van der Waals surface area contributed by atoms with E-state index in [2.05, 4.69) is 0 Å².